The number of nitrogen functional groups attached to an aromatic ring is 1. The summed E-state index contributed by atoms with van der Waals surface area (Å²) < 4.78 is 0. The summed E-state index contributed by atoms with van der Waals surface area (Å²) in [5, 5.41) is 0. The molecule has 0 bridgehead atoms. The molecule has 1 heterocycles. The van der Waals surface area contributed by atoms with Gasteiger partial charge in [-0.15, -0.1) is 0 Å². The number of nitrogens with two attached hydrogens (primary N) is 1. The lowest BCUT2D eigenvalue weighted by Crippen LogP contribution is -2.35. The van der Waals surface area contributed by atoms with Crippen LogP contribution in [0.4, 0.5) is 5.82 Å². The molecule has 1 amide bonds. The lowest BCUT2D eigenvalue weighted by molar-refractivity contribution is 0.0728. The Morgan fingerprint density at radius 2 is 2.00 bits per heavy atom. The smallest absolute Gasteiger partial charge is 0.274 e. The fourth-order valence-electron chi connectivity index (χ4n) is 1.89. The molecular formula is C13H23N5O. The van der Waals surface area contributed by atoms with Crippen molar-refractivity contribution in [3.8, 4) is 0 Å². The number of hydrazine groups is 1. The van der Waals surface area contributed by atoms with Crippen molar-refractivity contribution in [2.24, 2.45) is 11.8 Å². The van der Waals surface area contributed by atoms with Crippen LogP contribution in [0.3, 0.4) is 0 Å². The van der Waals surface area contributed by atoms with E-state index >= 15 is 0 Å². The minimum absolute atomic E-state index is 0.0783. The van der Waals surface area contributed by atoms with E-state index in [2.05, 4.69) is 29.2 Å². The molecule has 6 heteroatoms. The van der Waals surface area contributed by atoms with Crippen LogP contribution in [0.15, 0.2) is 12.4 Å². The van der Waals surface area contributed by atoms with Crippen molar-refractivity contribution < 1.29 is 4.79 Å². The Hall–Kier alpha value is -1.69. The monoisotopic (exact) mass is 265 g/mol. The molecule has 0 atom stereocenters. The van der Waals surface area contributed by atoms with Crippen molar-refractivity contribution in [2.45, 2.75) is 33.6 Å². The second kappa shape index (κ2) is 7.68. The fraction of sp³-hybridized carbons (Fsp3) is 0.615. The molecule has 0 aliphatic rings. The summed E-state index contributed by atoms with van der Waals surface area (Å²) in [6, 6.07) is 0. The van der Waals surface area contributed by atoms with Crippen LogP contribution in [-0.2, 0) is 0 Å². The van der Waals surface area contributed by atoms with Crippen molar-refractivity contribution in [2.75, 3.05) is 18.5 Å². The number of nitrogens with one attached hydrogen (secondary N) is 1. The number of carbonyl (C=O) groups is 1. The SMILES string of the molecule is CCC(CC)CN(CC)C(=O)c1cnc(NN)cn1. The number of amides is 1. The van der Waals surface area contributed by atoms with E-state index in [0.29, 0.717) is 24.0 Å². The van der Waals surface area contributed by atoms with E-state index in [4.69, 9.17) is 5.84 Å². The summed E-state index contributed by atoms with van der Waals surface area (Å²) in [5.41, 5.74) is 2.74. The van der Waals surface area contributed by atoms with Gasteiger partial charge in [-0.05, 0) is 12.8 Å². The molecule has 0 aliphatic heterocycles. The zero-order valence-electron chi connectivity index (χ0n) is 11.9. The molecule has 0 saturated heterocycles. The Labute approximate surface area is 114 Å². The number of anilines is 1. The molecule has 1 aromatic rings. The van der Waals surface area contributed by atoms with Crippen LogP contribution >= 0.6 is 0 Å². The van der Waals surface area contributed by atoms with Crippen LogP contribution in [-0.4, -0.2) is 33.9 Å². The maximum absolute atomic E-state index is 12.3. The molecule has 6 nitrogen and oxygen atoms in total. The molecule has 0 saturated carbocycles. The molecule has 0 fully saturated rings. The van der Waals surface area contributed by atoms with Crippen LogP contribution in [0.25, 0.3) is 0 Å². The molecule has 0 spiro atoms. The first kappa shape index (κ1) is 15.4. The molecule has 0 aromatic carbocycles. The van der Waals surface area contributed by atoms with Gasteiger partial charge in [0.25, 0.3) is 5.91 Å². The van der Waals surface area contributed by atoms with Gasteiger partial charge in [0.2, 0.25) is 0 Å². The van der Waals surface area contributed by atoms with Gasteiger partial charge in [-0.2, -0.15) is 0 Å². The van der Waals surface area contributed by atoms with Crippen molar-refractivity contribution in [3.63, 3.8) is 0 Å². The second-order valence-corrected chi connectivity index (χ2v) is 4.46. The molecule has 0 aliphatic carbocycles. The number of carbonyl (C=O) groups excluding carboxylic acids is 1. The van der Waals surface area contributed by atoms with Crippen LogP contribution in [0.1, 0.15) is 44.1 Å². The third-order valence-electron chi connectivity index (χ3n) is 3.32. The average Bonchev–Trinajstić information content (AvgIpc) is 2.48. The summed E-state index contributed by atoms with van der Waals surface area (Å²) in [5.74, 6) is 6.11. The lowest BCUT2D eigenvalue weighted by atomic mass is 10.0. The van der Waals surface area contributed by atoms with Crippen molar-refractivity contribution in [1.82, 2.24) is 14.9 Å². The molecule has 0 unspecified atom stereocenters. The number of hydrogen-bond donors (Lipinski definition) is 2. The van der Waals surface area contributed by atoms with Gasteiger partial charge in [0.1, 0.15) is 5.69 Å². The third kappa shape index (κ3) is 4.17. The Bertz CT molecular complexity index is 389. The first-order chi connectivity index (χ1) is 9.15. The largest absolute Gasteiger partial charge is 0.337 e. The molecular weight excluding hydrogens is 242 g/mol. The Morgan fingerprint density at radius 3 is 2.42 bits per heavy atom. The number of aromatic nitrogens is 2. The predicted molar refractivity (Wildman–Crippen MR) is 75.5 cm³/mol. The Balaban J connectivity index is 2.76. The van der Waals surface area contributed by atoms with E-state index in [1.807, 2.05) is 11.8 Å². The number of hydrogen-bond acceptors (Lipinski definition) is 5. The van der Waals surface area contributed by atoms with Crippen LogP contribution < -0.4 is 11.3 Å². The highest BCUT2D eigenvalue weighted by Crippen LogP contribution is 2.12. The molecule has 1 aromatic heterocycles. The van der Waals surface area contributed by atoms with Crippen molar-refractivity contribution in [1.29, 1.82) is 0 Å². The molecule has 106 valence electrons. The van der Waals surface area contributed by atoms with Gasteiger partial charge in [-0.1, -0.05) is 26.7 Å². The van der Waals surface area contributed by atoms with E-state index in [1.54, 1.807) is 0 Å². The van der Waals surface area contributed by atoms with Crippen LogP contribution in [0.2, 0.25) is 0 Å². The van der Waals surface area contributed by atoms with E-state index < -0.39 is 0 Å². The maximum Gasteiger partial charge on any atom is 0.274 e. The minimum atomic E-state index is -0.0783. The molecule has 0 radical (unpaired) electrons. The minimum Gasteiger partial charge on any atom is -0.337 e. The number of rotatable bonds is 7. The van der Waals surface area contributed by atoms with E-state index in [9.17, 15) is 4.79 Å². The summed E-state index contributed by atoms with van der Waals surface area (Å²) in [7, 11) is 0. The first-order valence-corrected chi connectivity index (χ1v) is 6.74. The van der Waals surface area contributed by atoms with Gasteiger partial charge < -0.3 is 10.3 Å². The van der Waals surface area contributed by atoms with E-state index in [-0.39, 0.29) is 5.91 Å². The van der Waals surface area contributed by atoms with E-state index in [1.165, 1.54) is 12.4 Å². The Kier molecular flexibility index (Phi) is 6.21. The van der Waals surface area contributed by atoms with Gasteiger partial charge in [-0.25, -0.2) is 15.8 Å². The second-order valence-electron chi connectivity index (χ2n) is 4.46. The predicted octanol–water partition coefficient (Wildman–Crippen LogP) is 1.66. The van der Waals surface area contributed by atoms with Crippen molar-refractivity contribution >= 4 is 11.7 Å². The highest BCUT2D eigenvalue weighted by atomic mass is 16.2. The van der Waals surface area contributed by atoms with Crippen LogP contribution in [0.5, 0.6) is 0 Å². The topological polar surface area (TPSA) is 84.1 Å². The number of nitrogens with zero attached hydrogens (tertiary/aromatic N) is 3. The summed E-state index contributed by atoms with van der Waals surface area (Å²) in [6.45, 7) is 7.71. The normalized spacial score (nSPS) is 10.6. The van der Waals surface area contributed by atoms with Gasteiger partial charge in [-0.3, -0.25) is 4.79 Å². The van der Waals surface area contributed by atoms with E-state index in [0.717, 1.165) is 19.4 Å². The zero-order valence-corrected chi connectivity index (χ0v) is 11.9. The zero-order chi connectivity index (χ0) is 14.3. The summed E-state index contributed by atoms with van der Waals surface area (Å²) >= 11 is 0. The highest BCUT2D eigenvalue weighted by molar-refractivity contribution is 5.92. The average molecular weight is 265 g/mol. The molecule has 19 heavy (non-hydrogen) atoms. The summed E-state index contributed by atoms with van der Waals surface area (Å²) in [4.78, 5) is 22.2. The third-order valence-corrected chi connectivity index (χ3v) is 3.32. The van der Waals surface area contributed by atoms with Gasteiger partial charge in [0, 0.05) is 13.1 Å². The lowest BCUT2D eigenvalue weighted by Gasteiger charge is -2.25. The highest BCUT2D eigenvalue weighted by Gasteiger charge is 2.18. The van der Waals surface area contributed by atoms with Gasteiger partial charge in [0.05, 0.1) is 12.4 Å². The first-order valence-electron chi connectivity index (χ1n) is 6.74. The van der Waals surface area contributed by atoms with Crippen LogP contribution in [0, 0.1) is 5.92 Å². The standard InChI is InChI=1S/C13H23N5O/c1-4-10(5-2)9-18(6-3)13(19)11-7-16-12(17-14)8-15-11/h7-8,10H,4-6,9,14H2,1-3H3,(H,16,17). The fourth-order valence-corrected chi connectivity index (χ4v) is 1.89. The summed E-state index contributed by atoms with van der Waals surface area (Å²) in [6.07, 6.45) is 5.05. The Morgan fingerprint density at radius 1 is 1.32 bits per heavy atom. The molecule has 3 N–H and O–H groups in total. The van der Waals surface area contributed by atoms with Crippen molar-refractivity contribution in [3.05, 3.63) is 18.1 Å². The van der Waals surface area contributed by atoms with Gasteiger partial charge >= 0.3 is 0 Å². The van der Waals surface area contributed by atoms with Gasteiger partial charge in [0.15, 0.2) is 5.82 Å². The quantitative estimate of drug-likeness (QED) is 0.578. The maximum atomic E-state index is 12.3. The molecule has 1 rings (SSSR count).